The summed E-state index contributed by atoms with van der Waals surface area (Å²) in [6.45, 7) is 5.00. The van der Waals surface area contributed by atoms with Gasteiger partial charge in [0.1, 0.15) is 0 Å². The summed E-state index contributed by atoms with van der Waals surface area (Å²) in [5.41, 5.74) is 9.44. The first kappa shape index (κ1) is 14.3. The van der Waals surface area contributed by atoms with E-state index < -0.39 is 5.91 Å². The van der Waals surface area contributed by atoms with Crippen LogP contribution in [0, 0.1) is 6.92 Å². The van der Waals surface area contributed by atoms with Crippen molar-refractivity contribution in [3.8, 4) is 0 Å². The first-order valence-corrected chi connectivity index (χ1v) is 6.75. The second kappa shape index (κ2) is 6.35. The van der Waals surface area contributed by atoms with Crippen molar-refractivity contribution in [1.82, 2.24) is 5.32 Å². The van der Waals surface area contributed by atoms with E-state index in [0.29, 0.717) is 5.56 Å². The molecule has 2 rings (SSSR count). The largest absolute Gasteiger partial charge is 0.366 e. The SMILES string of the molecule is Cc1cccc([C@@H](C)NCc2ccc(C(N)=O)cc2)c1. The minimum absolute atomic E-state index is 0.283. The number of nitrogens with one attached hydrogen (secondary N) is 1. The summed E-state index contributed by atoms with van der Waals surface area (Å²) < 4.78 is 0. The van der Waals surface area contributed by atoms with Crippen molar-refractivity contribution in [2.45, 2.75) is 26.4 Å². The summed E-state index contributed by atoms with van der Waals surface area (Å²) in [5.74, 6) is -0.391. The van der Waals surface area contributed by atoms with Crippen LogP contribution in [0.1, 0.15) is 40.0 Å². The molecule has 20 heavy (non-hydrogen) atoms. The van der Waals surface area contributed by atoms with Gasteiger partial charge in [0.05, 0.1) is 0 Å². The molecule has 0 unspecified atom stereocenters. The zero-order valence-electron chi connectivity index (χ0n) is 11.9. The van der Waals surface area contributed by atoms with E-state index in [1.54, 1.807) is 12.1 Å². The summed E-state index contributed by atoms with van der Waals surface area (Å²) in [5, 5.41) is 3.47. The maximum absolute atomic E-state index is 11.0. The molecule has 2 aromatic rings. The van der Waals surface area contributed by atoms with Gasteiger partial charge in [-0.25, -0.2) is 0 Å². The van der Waals surface area contributed by atoms with Crippen LogP contribution in [-0.4, -0.2) is 5.91 Å². The normalized spacial score (nSPS) is 12.1. The number of benzene rings is 2. The predicted molar refractivity (Wildman–Crippen MR) is 81.4 cm³/mol. The Morgan fingerprint density at radius 1 is 1.20 bits per heavy atom. The molecule has 0 aromatic heterocycles. The van der Waals surface area contributed by atoms with Crippen LogP contribution < -0.4 is 11.1 Å². The van der Waals surface area contributed by atoms with Crippen molar-refractivity contribution < 1.29 is 4.79 Å². The van der Waals surface area contributed by atoms with Crippen molar-refractivity contribution in [2.24, 2.45) is 5.73 Å². The van der Waals surface area contributed by atoms with Crippen molar-refractivity contribution in [3.63, 3.8) is 0 Å². The van der Waals surface area contributed by atoms with Crippen LogP contribution in [-0.2, 0) is 6.54 Å². The smallest absolute Gasteiger partial charge is 0.248 e. The molecule has 2 aromatic carbocycles. The van der Waals surface area contributed by atoms with Crippen LogP contribution in [0.25, 0.3) is 0 Å². The molecule has 3 N–H and O–H groups in total. The Balaban J connectivity index is 1.96. The number of hydrogen-bond donors (Lipinski definition) is 2. The zero-order chi connectivity index (χ0) is 14.5. The molecule has 0 aliphatic heterocycles. The monoisotopic (exact) mass is 268 g/mol. The van der Waals surface area contributed by atoms with E-state index >= 15 is 0 Å². The lowest BCUT2D eigenvalue weighted by atomic mass is 10.1. The lowest BCUT2D eigenvalue weighted by Crippen LogP contribution is -2.18. The van der Waals surface area contributed by atoms with Crippen LogP contribution in [0.4, 0.5) is 0 Å². The maximum Gasteiger partial charge on any atom is 0.248 e. The van der Waals surface area contributed by atoms with Gasteiger partial charge in [-0.1, -0.05) is 42.0 Å². The molecule has 0 aliphatic carbocycles. The number of carbonyl (C=O) groups excluding carboxylic acids is 1. The molecule has 0 saturated heterocycles. The Hall–Kier alpha value is -2.13. The Kier molecular flexibility index (Phi) is 4.53. The molecule has 1 atom stereocenters. The van der Waals surface area contributed by atoms with E-state index in [2.05, 4.69) is 43.4 Å². The van der Waals surface area contributed by atoms with E-state index in [1.165, 1.54) is 11.1 Å². The highest BCUT2D eigenvalue weighted by Crippen LogP contribution is 2.14. The number of hydrogen-bond acceptors (Lipinski definition) is 2. The minimum Gasteiger partial charge on any atom is -0.366 e. The van der Waals surface area contributed by atoms with Gasteiger partial charge in [0.15, 0.2) is 0 Å². The molecule has 104 valence electrons. The Morgan fingerprint density at radius 3 is 2.50 bits per heavy atom. The highest BCUT2D eigenvalue weighted by molar-refractivity contribution is 5.92. The van der Waals surface area contributed by atoms with Gasteiger partial charge < -0.3 is 11.1 Å². The predicted octanol–water partition coefficient (Wildman–Crippen LogP) is 2.94. The molecule has 0 bridgehead atoms. The van der Waals surface area contributed by atoms with Gasteiger partial charge in [0.2, 0.25) is 5.91 Å². The fraction of sp³-hybridized carbons (Fsp3) is 0.235. The third kappa shape index (κ3) is 3.68. The van der Waals surface area contributed by atoms with Gasteiger partial charge in [0, 0.05) is 18.2 Å². The maximum atomic E-state index is 11.0. The van der Waals surface area contributed by atoms with Gasteiger partial charge >= 0.3 is 0 Å². The van der Waals surface area contributed by atoms with Crippen molar-refractivity contribution in [2.75, 3.05) is 0 Å². The third-order valence-corrected chi connectivity index (χ3v) is 3.39. The highest BCUT2D eigenvalue weighted by Gasteiger charge is 2.05. The van der Waals surface area contributed by atoms with Crippen LogP contribution in [0.3, 0.4) is 0 Å². The summed E-state index contributed by atoms with van der Waals surface area (Å²) in [6.07, 6.45) is 0. The standard InChI is InChI=1S/C17H20N2O/c1-12-4-3-5-16(10-12)13(2)19-11-14-6-8-15(9-7-14)17(18)20/h3-10,13,19H,11H2,1-2H3,(H2,18,20)/t13-/m1/s1. The topological polar surface area (TPSA) is 55.1 Å². The van der Waals surface area contributed by atoms with E-state index in [0.717, 1.165) is 12.1 Å². The number of amides is 1. The molecule has 0 radical (unpaired) electrons. The molecule has 0 aliphatic rings. The van der Waals surface area contributed by atoms with Crippen molar-refractivity contribution in [3.05, 3.63) is 70.8 Å². The fourth-order valence-electron chi connectivity index (χ4n) is 2.12. The molecule has 0 saturated carbocycles. The number of carbonyl (C=O) groups is 1. The number of nitrogens with two attached hydrogens (primary N) is 1. The number of rotatable bonds is 5. The molecule has 0 spiro atoms. The molecule has 3 heteroatoms. The van der Waals surface area contributed by atoms with E-state index in [1.807, 2.05) is 12.1 Å². The second-order valence-electron chi connectivity index (χ2n) is 5.08. The summed E-state index contributed by atoms with van der Waals surface area (Å²) in [4.78, 5) is 11.0. The quantitative estimate of drug-likeness (QED) is 0.876. The van der Waals surface area contributed by atoms with E-state index in [-0.39, 0.29) is 6.04 Å². The van der Waals surface area contributed by atoms with Gasteiger partial charge in [-0.3, -0.25) is 4.79 Å². The molecular formula is C17H20N2O. The Bertz CT molecular complexity index is 590. The summed E-state index contributed by atoms with van der Waals surface area (Å²) in [6, 6.07) is 16.1. The zero-order valence-corrected chi connectivity index (χ0v) is 11.9. The highest BCUT2D eigenvalue weighted by atomic mass is 16.1. The summed E-state index contributed by atoms with van der Waals surface area (Å²) in [7, 11) is 0. The lowest BCUT2D eigenvalue weighted by molar-refractivity contribution is 0.100. The van der Waals surface area contributed by atoms with Crippen LogP contribution in [0.5, 0.6) is 0 Å². The molecule has 1 amide bonds. The van der Waals surface area contributed by atoms with Crippen molar-refractivity contribution in [1.29, 1.82) is 0 Å². The lowest BCUT2D eigenvalue weighted by Gasteiger charge is -2.15. The van der Waals surface area contributed by atoms with Gasteiger partial charge in [-0.05, 0) is 37.1 Å². The van der Waals surface area contributed by atoms with Gasteiger partial charge in [0.25, 0.3) is 0 Å². The second-order valence-corrected chi connectivity index (χ2v) is 5.08. The average molecular weight is 268 g/mol. The van der Waals surface area contributed by atoms with Crippen molar-refractivity contribution >= 4 is 5.91 Å². The molecular weight excluding hydrogens is 248 g/mol. The molecule has 0 fully saturated rings. The first-order chi connectivity index (χ1) is 9.56. The summed E-state index contributed by atoms with van der Waals surface area (Å²) >= 11 is 0. The van der Waals surface area contributed by atoms with E-state index in [9.17, 15) is 4.79 Å². The van der Waals surface area contributed by atoms with Gasteiger partial charge in [-0.2, -0.15) is 0 Å². The van der Waals surface area contributed by atoms with Crippen LogP contribution >= 0.6 is 0 Å². The number of aryl methyl sites for hydroxylation is 1. The minimum atomic E-state index is -0.391. The van der Waals surface area contributed by atoms with E-state index in [4.69, 9.17) is 5.73 Å². The van der Waals surface area contributed by atoms with Crippen LogP contribution in [0.15, 0.2) is 48.5 Å². The molecule has 0 heterocycles. The van der Waals surface area contributed by atoms with Crippen LogP contribution in [0.2, 0.25) is 0 Å². The molecule has 3 nitrogen and oxygen atoms in total. The fourth-order valence-corrected chi connectivity index (χ4v) is 2.12. The Labute approximate surface area is 119 Å². The first-order valence-electron chi connectivity index (χ1n) is 6.75. The Morgan fingerprint density at radius 2 is 1.90 bits per heavy atom. The third-order valence-electron chi connectivity index (χ3n) is 3.39. The number of primary amides is 1. The van der Waals surface area contributed by atoms with Gasteiger partial charge in [-0.15, -0.1) is 0 Å². The average Bonchev–Trinajstić information content (AvgIpc) is 2.45.